The number of carbonyl (C=O) groups is 2. The van der Waals surface area contributed by atoms with E-state index in [9.17, 15) is 9.59 Å². The first-order valence-corrected chi connectivity index (χ1v) is 9.24. The number of amides is 2. The third-order valence-electron chi connectivity index (χ3n) is 4.90. The van der Waals surface area contributed by atoms with Crippen LogP contribution >= 0.6 is 0 Å². The average molecular weight is 375 g/mol. The molecule has 1 aliphatic rings. The van der Waals surface area contributed by atoms with Gasteiger partial charge >= 0.3 is 0 Å². The van der Waals surface area contributed by atoms with Gasteiger partial charge in [-0.15, -0.1) is 0 Å². The number of hydrogen-bond donors (Lipinski definition) is 2. The van der Waals surface area contributed by atoms with Gasteiger partial charge in [0, 0.05) is 31.3 Å². The van der Waals surface area contributed by atoms with Gasteiger partial charge < -0.3 is 10.2 Å². The summed E-state index contributed by atoms with van der Waals surface area (Å²) in [7, 11) is 0. The Balaban J connectivity index is 1.35. The second-order valence-corrected chi connectivity index (χ2v) is 6.85. The van der Waals surface area contributed by atoms with Crippen LogP contribution in [-0.4, -0.2) is 38.4 Å². The van der Waals surface area contributed by atoms with E-state index in [4.69, 9.17) is 0 Å². The molecule has 3 heterocycles. The maximum Gasteiger partial charge on any atom is 0.225 e. The van der Waals surface area contributed by atoms with Crippen LogP contribution in [0.15, 0.2) is 60.9 Å². The molecule has 1 atom stereocenters. The number of aromatic nitrogens is 3. The van der Waals surface area contributed by atoms with Gasteiger partial charge in [-0.05, 0) is 17.7 Å². The minimum Gasteiger partial charge on any atom is -0.352 e. The van der Waals surface area contributed by atoms with Crippen molar-refractivity contribution in [3.63, 3.8) is 0 Å². The molecule has 0 bridgehead atoms. The van der Waals surface area contributed by atoms with Gasteiger partial charge in [-0.3, -0.25) is 19.7 Å². The second kappa shape index (κ2) is 8.04. The molecule has 1 aliphatic heterocycles. The number of aromatic amines is 1. The minimum absolute atomic E-state index is 0.0147. The van der Waals surface area contributed by atoms with Gasteiger partial charge in [0.15, 0.2) is 0 Å². The Morgan fingerprint density at radius 2 is 2.00 bits per heavy atom. The van der Waals surface area contributed by atoms with E-state index in [2.05, 4.69) is 20.5 Å². The second-order valence-electron chi connectivity index (χ2n) is 6.85. The average Bonchev–Trinajstić information content (AvgIpc) is 3.34. The van der Waals surface area contributed by atoms with Gasteiger partial charge in [0.05, 0.1) is 30.0 Å². The topological polar surface area (TPSA) is 91.0 Å². The number of H-pyrrole nitrogens is 1. The zero-order chi connectivity index (χ0) is 19.3. The van der Waals surface area contributed by atoms with E-state index in [1.54, 1.807) is 17.3 Å². The number of pyridine rings is 1. The van der Waals surface area contributed by atoms with Crippen LogP contribution in [0.25, 0.3) is 11.3 Å². The van der Waals surface area contributed by atoms with Gasteiger partial charge in [-0.1, -0.05) is 36.4 Å². The summed E-state index contributed by atoms with van der Waals surface area (Å²) in [6.45, 7) is 1.21. The van der Waals surface area contributed by atoms with E-state index in [0.29, 0.717) is 19.6 Å². The monoisotopic (exact) mass is 375 g/mol. The summed E-state index contributed by atoms with van der Waals surface area (Å²) in [6.07, 6.45) is 3.65. The van der Waals surface area contributed by atoms with Crippen LogP contribution in [0.2, 0.25) is 0 Å². The fourth-order valence-corrected chi connectivity index (χ4v) is 3.41. The maximum absolute atomic E-state index is 12.6. The first kappa shape index (κ1) is 17.9. The molecule has 28 heavy (non-hydrogen) atoms. The number of benzene rings is 1. The van der Waals surface area contributed by atoms with Gasteiger partial charge in [0.1, 0.15) is 0 Å². The van der Waals surface area contributed by atoms with E-state index in [0.717, 1.165) is 22.5 Å². The van der Waals surface area contributed by atoms with E-state index in [1.165, 1.54) is 0 Å². The molecule has 1 saturated heterocycles. The Kier molecular flexibility index (Phi) is 5.14. The van der Waals surface area contributed by atoms with Crippen LogP contribution in [0, 0.1) is 5.92 Å². The Bertz CT molecular complexity index is 955. The molecule has 0 unspecified atom stereocenters. The van der Waals surface area contributed by atoms with E-state index < -0.39 is 0 Å². The van der Waals surface area contributed by atoms with Crippen LogP contribution < -0.4 is 5.32 Å². The SMILES string of the molecule is O=C(NCc1cn[nH]c1-c1ccccc1)[C@@H]1CC(=O)N(Cc2ccccn2)C1. The molecule has 4 rings (SSSR count). The molecule has 0 aliphatic carbocycles. The Hall–Kier alpha value is -3.48. The lowest BCUT2D eigenvalue weighted by Crippen LogP contribution is -2.32. The molecule has 1 fully saturated rings. The van der Waals surface area contributed by atoms with E-state index in [1.807, 2.05) is 48.5 Å². The molecule has 3 aromatic rings. The zero-order valence-electron chi connectivity index (χ0n) is 15.3. The summed E-state index contributed by atoms with van der Waals surface area (Å²) >= 11 is 0. The van der Waals surface area contributed by atoms with E-state index >= 15 is 0 Å². The molecular weight excluding hydrogens is 354 g/mol. The number of rotatable bonds is 6. The molecule has 2 amide bonds. The quantitative estimate of drug-likeness (QED) is 0.691. The molecule has 7 heteroatoms. The van der Waals surface area contributed by atoms with Crippen molar-refractivity contribution in [1.82, 2.24) is 25.4 Å². The van der Waals surface area contributed by atoms with Gasteiger partial charge in [0.25, 0.3) is 0 Å². The normalized spacial score (nSPS) is 16.4. The minimum atomic E-state index is -0.344. The Labute approximate surface area is 162 Å². The summed E-state index contributed by atoms with van der Waals surface area (Å²) in [4.78, 5) is 30.8. The Morgan fingerprint density at radius 1 is 1.18 bits per heavy atom. The predicted octanol–water partition coefficient (Wildman–Crippen LogP) is 2.14. The number of nitrogens with one attached hydrogen (secondary N) is 2. The van der Waals surface area contributed by atoms with Crippen molar-refractivity contribution in [1.29, 1.82) is 0 Å². The first-order valence-electron chi connectivity index (χ1n) is 9.24. The highest BCUT2D eigenvalue weighted by atomic mass is 16.2. The molecule has 2 aromatic heterocycles. The van der Waals surface area contributed by atoms with E-state index in [-0.39, 0.29) is 24.2 Å². The molecule has 142 valence electrons. The van der Waals surface area contributed by atoms with Gasteiger partial charge in [-0.25, -0.2) is 0 Å². The van der Waals surface area contributed by atoms with Crippen LogP contribution in [0.5, 0.6) is 0 Å². The third kappa shape index (κ3) is 3.93. The summed E-state index contributed by atoms with van der Waals surface area (Å²) < 4.78 is 0. The molecule has 0 saturated carbocycles. The number of nitrogens with zero attached hydrogens (tertiary/aromatic N) is 3. The van der Waals surface area contributed by atoms with Crippen LogP contribution in [0.4, 0.5) is 0 Å². The fraction of sp³-hybridized carbons (Fsp3) is 0.238. The van der Waals surface area contributed by atoms with Crippen molar-refractivity contribution in [2.45, 2.75) is 19.5 Å². The van der Waals surface area contributed by atoms with Crippen molar-refractivity contribution < 1.29 is 9.59 Å². The van der Waals surface area contributed by atoms with Gasteiger partial charge in [0.2, 0.25) is 11.8 Å². The van der Waals surface area contributed by atoms with Crippen molar-refractivity contribution in [3.05, 3.63) is 72.2 Å². The molecule has 0 radical (unpaired) electrons. The van der Waals surface area contributed by atoms with Crippen LogP contribution in [-0.2, 0) is 22.7 Å². The fourth-order valence-electron chi connectivity index (χ4n) is 3.41. The molecule has 1 aromatic carbocycles. The molecule has 7 nitrogen and oxygen atoms in total. The highest BCUT2D eigenvalue weighted by molar-refractivity contribution is 5.89. The number of likely N-dealkylation sites (tertiary alicyclic amines) is 1. The smallest absolute Gasteiger partial charge is 0.225 e. The van der Waals surface area contributed by atoms with Crippen molar-refractivity contribution in [3.8, 4) is 11.3 Å². The predicted molar refractivity (Wildman–Crippen MR) is 104 cm³/mol. The highest BCUT2D eigenvalue weighted by Gasteiger charge is 2.34. The highest BCUT2D eigenvalue weighted by Crippen LogP contribution is 2.22. The van der Waals surface area contributed by atoms with Crippen molar-refractivity contribution in [2.75, 3.05) is 6.54 Å². The Morgan fingerprint density at radius 3 is 2.79 bits per heavy atom. The van der Waals surface area contributed by atoms with Crippen LogP contribution in [0.1, 0.15) is 17.7 Å². The summed E-state index contributed by atoms with van der Waals surface area (Å²) in [5, 5.41) is 10.0. The lowest BCUT2D eigenvalue weighted by atomic mass is 10.1. The summed E-state index contributed by atoms with van der Waals surface area (Å²) in [6, 6.07) is 15.5. The van der Waals surface area contributed by atoms with Crippen molar-refractivity contribution in [2.24, 2.45) is 5.92 Å². The lowest BCUT2D eigenvalue weighted by Gasteiger charge is -2.16. The lowest BCUT2D eigenvalue weighted by molar-refractivity contribution is -0.129. The third-order valence-corrected chi connectivity index (χ3v) is 4.90. The molecule has 0 spiro atoms. The summed E-state index contributed by atoms with van der Waals surface area (Å²) in [5.74, 6) is -0.473. The van der Waals surface area contributed by atoms with Crippen LogP contribution in [0.3, 0.4) is 0 Å². The standard InChI is InChI=1S/C21H21N5O2/c27-19-10-16(13-26(19)14-18-8-4-5-9-22-18)21(28)23-11-17-12-24-25-20(17)15-6-2-1-3-7-15/h1-9,12,16H,10-11,13-14H2,(H,23,28)(H,24,25)/t16-/m1/s1. The number of carbonyl (C=O) groups excluding carboxylic acids is 2. The van der Waals surface area contributed by atoms with Crippen molar-refractivity contribution >= 4 is 11.8 Å². The first-order chi connectivity index (χ1) is 13.7. The number of hydrogen-bond acceptors (Lipinski definition) is 4. The maximum atomic E-state index is 12.6. The molecule has 2 N–H and O–H groups in total. The summed E-state index contributed by atoms with van der Waals surface area (Å²) in [5.41, 5.74) is 3.64. The van der Waals surface area contributed by atoms with Gasteiger partial charge in [-0.2, -0.15) is 5.10 Å². The largest absolute Gasteiger partial charge is 0.352 e. The zero-order valence-corrected chi connectivity index (χ0v) is 15.3. The molecular formula is C21H21N5O2.